The van der Waals surface area contributed by atoms with Crippen LogP contribution in [0.5, 0.6) is 0 Å². The number of hydrogen-bond acceptors (Lipinski definition) is 5. The molecule has 6 nitrogen and oxygen atoms in total. The minimum atomic E-state index is -0.626. The third-order valence-corrected chi connectivity index (χ3v) is 8.32. The molecule has 0 aliphatic carbocycles. The maximum atomic E-state index is 13.9. The van der Waals surface area contributed by atoms with Gasteiger partial charge < -0.3 is 9.73 Å². The summed E-state index contributed by atoms with van der Waals surface area (Å²) in [5.41, 5.74) is 4.21. The van der Waals surface area contributed by atoms with Crippen LogP contribution in [0.25, 0.3) is 17.4 Å². The van der Waals surface area contributed by atoms with E-state index in [9.17, 15) is 9.59 Å². The Morgan fingerprint density at radius 2 is 1.70 bits per heavy atom. The summed E-state index contributed by atoms with van der Waals surface area (Å²) in [4.78, 5) is 32.9. The maximum absolute atomic E-state index is 13.9. The van der Waals surface area contributed by atoms with Gasteiger partial charge in [-0.05, 0) is 55.3 Å². The number of aryl methyl sites for hydroxylation is 1. The van der Waals surface area contributed by atoms with Crippen LogP contribution >= 0.6 is 27.3 Å². The number of carbonyl (C=O) groups is 1. The molecule has 3 heterocycles. The van der Waals surface area contributed by atoms with E-state index < -0.39 is 6.04 Å². The van der Waals surface area contributed by atoms with Gasteiger partial charge >= 0.3 is 0 Å². The zero-order chi connectivity index (χ0) is 27.8. The number of fused-ring (bicyclic) bond motifs is 1. The lowest BCUT2D eigenvalue weighted by Crippen LogP contribution is -2.40. The van der Waals surface area contributed by atoms with E-state index in [1.165, 1.54) is 11.3 Å². The standard InChI is InChI=1S/C32H24BrN3O3S/c1-19-8-6-7-11-25(19)35-30(37)28-20(2)34-32-36(29(28)22-9-4-3-5-10-22)31(38)27(40-32)18-24-16-17-26(39-24)21-12-14-23(33)15-13-21/h3-18,29H,1-2H3,(H,35,37). The van der Waals surface area contributed by atoms with Crippen molar-refractivity contribution in [1.82, 2.24) is 4.57 Å². The number of aromatic nitrogens is 1. The summed E-state index contributed by atoms with van der Waals surface area (Å²) in [6.45, 7) is 3.76. The number of allylic oxidation sites excluding steroid dienone is 1. The quantitative estimate of drug-likeness (QED) is 0.257. The number of carbonyl (C=O) groups excluding carboxylic acids is 1. The van der Waals surface area contributed by atoms with Crippen LogP contribution in [0.3, 0.4) is 0 Å². The number of benzene rings is 3. The summed E-state index contributed by atoms with van der Waals surface area (Å²) < 4.78 is 9.13. The fourth-order valence-electron chi connectivity index (χ4n) is 4.79. The van der Waals surface area contributed by atoms with Gasteiger partial charge in [0.15, 0.2) is 4.80 Å². The van der Waals surface area contributed by atoms with Gasteiger partial charge in [0.25, 0.3) is 11.5 Å². The number of para-hydroxylation sites is 1. The van der Waals surface area contributed by atoms with E-state index in [2.05, 4.69) is 21.2 Å². The summed E-state index contributed by atoms with van der Waals surface area (Å²) in [5, 5.41) is 3.03. The summed E-state index contributed by atoms with van der Waals surface area (Å²) >= 11 is 4.73. The van der Waals surface area contributed by atoms with Crippen molar-refractivity contribution in [1.29, 1.82) is 0 Å². The first-order valence-corrected chi connectivity index (χ1v) is 14.3. The molecule has 1 amide bonds. The Bertz CT molecular complexity index is 1950. The van der Waals surface area contributed by atoms with Gasteiger partial charge in [0.2, 0.25) is 0 Å². The van der Waals surface area contributed by atoms with E-state index in [1.54, 1.807) is 10.6 Å². The van der Waals surface area contributed by atoms with Crippen molar-refractivity contribution in [3.63, 3.8) is 0 Å². The van der Waals surface area contributed by atoms with Crippen LogP contribution in [-0.4, -0.2) is 10.5 Å². The molecule has 0 spiro atoms. The minimum Gasteiger partial charge on any atom is -0.457 e. The molecule has 8 heteroatoms. The molecule has 0 radical (unpaired) electrons. The number of amides is 1. The van der Waals surface area contributed by atoms with Crippen molar-refractivity contribution < 1.29 is 9.21 Å². The molecule has 1 aliphatic rings. The van der Waals surface area contributed by atoms with E-state index in [1.807, 2.05) is 105 Å². The summed E-state index contributed by atoms with van der Waals surface area (Å²) in [6.07, 6.45) is 1.74. The summed E-state index contributed by atoms with van der Waals surface area (Å²) in [7, 11) is 0. The average Bonchev–Trinajstić information content (AvgIpc) is 3.54. The highest BCUT2D eigenvalue weighted by molar-refractivity contribution is 9.10. The molecule has 1 unspecified atom stereocenters. The third kappa shape index (κ3) is 4.92. The second-order valence-corrected chi connectivity index (χ2v) is 11.4. The van der Waals surface area contributed by atoms with Crippen LogP contribution in [0.4, 0.5) is 5.69 Å². The largest absolute Gasteiger partial charge is 0.457 e. The predicted molar refractivity (Wildman–Crippen MR) is 162 cm³/mol. The molecule has 3 aromatic carbocycles. The molecule has 0 saturated carbocycles. The maximum Gasteiger partial charge on any atom is 0.271 e. The van der Waals surface area contributed by atoms with Crippen molar-refractivity contribution in [3.05, 3.63) is 143 Å². The molecule has 5 aromatic rings. The normalized spacial score (nSPS) is 15.1. The molecule has 40 heavy (non-hydrogen) atoms. The average molecular weight is 611 g/mol. The fraction of sp³-hybridized carbons (Fsp3) is 0.0938. The van der Waals surface area contributed by atoms with E-state index >= 15 is 0 Å². The van der Waals surface area contributed by atoms with Crippen molar-refractivity contribution in [2.45, 2.75) is 19.9 Å². The minimum absolute atomic E-state index is 0.229. The molecule has 0 saturated heterocycles. The van der Waals surface area contributed by atoms with Gasteiger partial charge in [-0.1, -0.05) is 87.9 Å². The third-order valence-electron chi connectivity index (χ3n) is 6.80. The van der Waals surface area contributed by atoms with Gasteiger partial charge in [-0.2, -0.15) is 0 Å². The van der Waals surface area contributed by atoms with Crippen LogP contribution in [0.1, 0.15) is 29.9 Å². The number of hydrogen-bond donors (Lipinski definition) is 1. The zero-order valence-corrected chi connectivity index (χ0v) is 24.1. The number of nitrogens with one attached hydrogen (secondary N) is 1. The van der Waals surface area contributed by atoms with E-state index in [4.69, 9.17) is 9.41 Å². The highest BCUT2D eigenvalue weighted by Gasteiger charge is 2.32. The molecule has 2 aromatic heterocycles. The number of anilines is 1. The Morgan fingerprint density at radius 1 is 0.975 bits per heavy atom. The Balaban J connectivity index is 1.44. The number of nitrogens with zero attached hydrogens (tertiary/aromatic N) is 2. The van der Waals surface area contributed by atoms with E-state index in [0.717, 1.165) is 26.9 Å². The van der Waals surface area contributed by atoms with Gasteiger partial charge in [-0.15, -0.1) is 0 Å². The highest BCUT2D eigenvalue weighted by Crippen LogP contribution is 2.31. The van der Waals surface area contributed by atoms with Gasteiger partial charge in [-0.25, -0.2) is 4.99 Å². The number of halogens is 1. The molecular weight excluding hydrogens is 586 g/mol. The first kappa shape index (κ1) is 26.0. The van der Waals surface area contributed by atoms with Crippen molar-refractivity contribution in [2.75, 3.05) is 5.32 Å². The Hall–Kier alpha value is -4.27. The van der Waals surface area contributed by atoms with E-state index in [-0.39, 0.29) is 11.5 Å². The smallest absolute Gasteiger partial charge is 0.271 e. The number of rotatable bonds is 5. The summed E-state index contributed by atoms with van der Waals surface area (Å²) in [6, 6.07) is 28.1. The second kappa shape index (κ2) is 10.7. The van der Waals surface area contributed by atoms with Gasteiger partial charge in [0.05, 0.1) is 21.8 Å². The second-order valence-electron chi connectivity index (χ2n) is 9.47. The van der Waals surface area contributed by atoms with Gasteiger partial charge in [0, 0.05) is 21.8 Å². The highest BCUT2D eigenvalue weighted by atomic mass is 79.9. The van der Waals surface area contributed by atoms with Crippen LogP contribution in [0.2, 0.25) is 0 Å². The molecule has 0 fully saturated rings. The molecule has 198 valence electrons. The van der Waals surface area contributed by atoms with Crippen LogP contribution < -0.4 is 20.2 Å². The van der Waals surface area contributed by atoms with Crippen LogP contribution in [0.15, 0.2) is 121 Å². The Morgan fingerprint density at radius 3 is 2.45 bits per heavy atom. The van der Waals surface area contributed by atoms with Crippen molar-refractivity contribution in [3.8, 4) is 11.3 Å². The SMILES string of the molecule is CC1=C(C(=O)Nc2ccccc2C)C(c2ccccc2)n2c(sc(=Cc3ccc(-c4ccc(Br)cc4)o3)c2=O)=N1. The van der Waals surface area contributed by atoms with Gasteiger partial charge in [0.1, 0.15) is 11.5 Å². The Kier molecular flexibility index (Phi) is 6.96. The first-order valence-electron chi connectivity index (χ1n) is 12.7. The monoisotopic (exact) mass is 609 g/mol. The topological polar surface area (TPSA) is 76.6 Å². The van der Waals surface area contributed by atoms with Crippen molar-refractivity contribution >= 4 is 44.9 Å². The Labute approximate surface area is 242 Å². The van der Waals surface area contributed by atoms with Crippen LogP contribution in [-0.2, 0) is 4.79 Å². The lowest BCUT2D eigenvalue weighted by molar-refractivity contribution is -0.113. The molecule has 1 atom stereocenters. The fourth-order valence-corrected chi connectivity index (χ4v) is 6.09. The van der Waals surface area contributed by atoms with Crippen LogP contribution in [0, 0.1) is 6.92 Å². The summed E-state index contributed by atoms with van der Waals surface area (Å²) in [5.74, 6) is 0.983. The lowest BCUT2D eigenvalue weighted by Gasteiger charge is -2.25. The molecule has 1 aliphatic heterocycles. The zero-order valence-electron chi connectivity index (χ0n) is 21.7. The van der Waals surface area contributed by atoms with Crippen molar-refractivity contribution in [2.24, 2.45) is 4.99 Å². The molecule has 6 rings (SSSR count). The number of furan rings is 1. The molecular formula is C32H24BrN3O3S. The van der Waals surface area contributed by atoms with Gasteiger partial charge in [-0.3, -0.25) is 14.2 Å². The predicted octanol–water partition coefficient (Wildman–Crippen LogP) is 6.20. The number of thiazole rings is 1. The molecule has 1 N–H and O–H groups in total. The molecule has 0 bridgehead atoms. The lowest BCUT2D eigenvalue weighted by atomic mass is 9.95. The first-order chi connectivity index (χ1) is 19.4. The van der Waals surface area contributed by atoms with E-state index in [0.29, 0.717) is 32.1 Å².